The molecule has 412 valence electrons. The summed E-state index contributed by atoms with van der Waals surface area (Å²) in [5.74, 6) is 2.52. The summed E-state index contributed by atoms with van der Waals surface area (Å²) in [5.41, 5.74) is 14.4. The number of ketones is 1. The Morgan fingerprint density at radius 2 is 1.32 bits per heavy atom. The van der Waals surface area contributed by atoms with Gasteiger partial charge in [-0.3, -0.25) is 9.59 Å². The number of likely N-dealkylation sites (tertiary alicyclic amines) is 2. The van der Waals surface area contributed by atoms with Crippen molar-refractivity contribution >= 4 is 63.9 Å². The number of methoxy groups -OCH3 is 2. The lowest BCUT2D eigenvalue weighted by molar-refractivity contribution is -0.122. The Morgan fingerprint density at radius 3 is 1.97 bits per heavy atom. The number of nitrogens with one attached hydrogen (secondary N) is 3. The molecule has 1 amide bonds. The van der Waals surface area contributed by atoms with Gasteiger partial charge in [-0.15, -0.1) is 0 Å². The first-order valence-electron chi connectivity index (χ1n) is 27.8. The molecule has 6 aromatic rings. The summed E-state index contributed by atoms with van der Waals surface area (Å²) in [7, 11) is 3.53. The fourth-order valence-corrected chi connectivity index (χ4v) is 12.5. The number of halogens is 2. The van der Waals surface area contributed by atoms with Crippen LogP contribution in [0.2, 0.25) is 10.0 Å². The molecule has 1 aliphatic carbocycles. The number of nitrogens with zero attached hydrogens (tertiary/aromatic N) is 6. The molecule has 4 aliphatic rings. The van der Waals surface area contributed by atoms with Crippen molar-refractivity contribution < 1.29 is 19.1 Å². The van der Waals surface area contributed by atoms with Crippen LogP contribution in [0, 0.1) is 13.8 Å². The van der Waals surface area contributed by atoms with E-state index < -0.39 is 10.8 Å². The second-order valence-electron chi connectivity index (χ2n) is 22.7. The first kappa shape index (κ1) is 56.9. The summed E-state index contributed by atoms with van der Waals surface area (Å²) in [5, 5.41) is 10.9. The lowest BCUT2D eigenvalue weighted by atomic mass is 9.82. The van der Waals surface area contributed by atoms with Crippen LogP contribution in [0.5, 0.6) is 0 Å². The predicted molar refractivity (Wildman–Crippen MR) is 315 cm³/mol. The standard InChI is InChI=1S/C32H39ClN4O2.C31H38ClN5O2/c1-21-18-25(9-10-26(21)22-12-14-37(15-13-22)16-17-39-4)35-31-34-20-27(33)28(36-31)11-8-23-6-5-7-24-19-29(38)32(2,3)30(23)24;1-20-17-22(23-8-6-14-37(19-23)15-16-39-4)11-12-25(20)35-30-33-18-24(32)26(36-30)13-10-21-7-5-9-27-28(21)31(2,3)29(38)34-27/h5-7,9-10,18,20,22H,8,11-17,19H2,1-4H3,(H,34,35,36);5,7,9,11-12,17-18,23H,6,8,10,13-16,19H2,1-4H3,(H,34,38)(H,33,35,36). The zero-order valence-corrected chi connectivity index (χ0v) is 48.3. The number of hydrogen-bond acceptors (Lipinski definition) is 12. The van der Waals surface area contributed by atoms with E-state index in [1.807, 2.05) is 45.9 Å². The van der Waals surface area contributed by atoms with Gasteiger partial charge in [-0.05, 0) is 199 Å². The number of benzene rings is 4. The average molecular weight is 1100 g/mol. The minimum atomic E-state index is -0.558. The first-order valence-corrected chi connectivity index (χ1v) is 28.6. The monoisotopic (exact) mass is 1090 g/mol. The Kier molecular flexibility index (Phi) is 18.3. The lowest BCUT2D eigenvalue weighted by Crippen LogP contribution is -2.36. The van der Waals surface area contributed by atoms with Crippen LogP contribution in [0.25, 0.3) is 0 Å². The molecular formula is C63H77Cl2N9O4. The molecule has 13 nitrogen and oxygen atoms in total. The van der Waals surface area contributed by atoms with Gasteiger partial charge in [-0.25, -0.2) is 19.9 Å². The minimum absolute atomic E-state index is 0.0322. The van der Waals surface area contributed by atoms with Crippen molar-refractivity contribution in [3.8, 4) is 0 Å². The Balaban J connectivity index is 0.000000190. The van der Waals surface area contributed by atoms with Crippen molar-refractivity contribution in [1.29, 1.82) is 0 Å². The highest BCUT2D eigenvalue weighted by molar-refractivity contribution is 6.31. The third-order valence-electron chi connectivity index (χ3n) is 16.6. The van der Waals surface area contributed by atoms with Crippen molar-refractivity contribution in [2.75, 3.05) is 82.7 Å². The van der Waals surface area contributed by atoms with Crippen molar-refractivity contribution in [2.24, 2.45) is 0 Å². The zero-order chi connectivity index (χ0) is 55.1. The highest BCUT2D eigenvalue weighted by Crippen LogP contribution is 2.41. The van der Waals surface area contributed by atoms with E-state index >= 15 is 0 Å². The molecule has 4 aromatic carbocycles. The van der Waals surface area contributed by atoms with Crippen LogP contribution in [-0.4, -0.2) is 108 Å². The quantitative estimate of drug-likeness (QED) is 0.0753. The smallest absolute Gasteiger partial charge is 0.234 e. The van der Waals surface area contributed by atoms with Crippen molar-refractivity contribution in [2.45, 2.75) is 122 Å². The van der Waals surface area contributed by atoms with E-state index in [1.54, 1.807) is 26.6 Å². The molecule has 1 atom stereocenters. The molecule has 1 unspecified atom stereocenters. The molecular weight excluding hydrogens is 1020 g/mol. The number of carbonyl (C=O) groups excluding carboxylic acids is 2. The SMILES string of the molecule is COCCN1CCC(c2ccc(Nc3ncc(Cl)c(CCc4cccc5c4C(C)(C)C(=O)C5)n3)cc2C)CC1.COCCN1CCCC(c2ccc(Nc3ncc(Cl)c(CCc4cccc5c4C(C)(C)C(=O)N5)n3)c(C)c2)C1. The molecule has 2 saturated heterocycles. The zero-order valence-electron chi connectivity index (χ0n) is 46.8. The van der Waals surface area contributed by atoms with Gasteiger partial charge < -0.3 is 35.2 Å². The molecule has 3 aliphatic heterocycles. The summed E-state index contributed by atoms with van der Waals surface area (Å²) in [4.78, 5) is 48.5. The van der Waals surface area contributed by atoms with E-state index in [1.165, 1.54) is 59.1 Å². The Bertz CT molecular complexity index is 3120. The number of hydrogen-bond donors (Lipinski definition) is 3. The van der Waals surface area contributed by atoms with Gasteiger partial charge in [-0.2, -0.15) is 0 Å². The van der Waals surface area contributed by atoms with Gasteiger partial charge in [0, 0.05) is 62.8 Å². The number of fused-ring (bicyclic) bond motifs is 2. The maximum atomic E-state index is 12.6. The maximum absolute atomic E-state index is 12.6. The number of aryl methyl sites for hydroxylation is 6. The van der Waals surface area contributed by atoms with Gasteiger partial charge in [0.1, 0.15) is 5.78 Å². The number of rotatable bonds is 18. The molecule has 3 N–H and O–H groups in total. The third-order valence-corrected chi connectivity index (χ3v) is 17.3. The topological polar surface area (TPSA) is 147 Å². The van der Waals surface area contributed by atoms with Gasteiger partial charge in [0.25, 0.3) is 0 Å². The van der Waals surface area contributed by atoms with E-state index in [0.717, 1.165) is 110 Å². The fourth-order valence-electron chi connectivity index (χ4n) is 12.2. The third kappa shape index (κ3) is 13.1. The largest absolute Gasteiger partial charge is 0.383 e. The summed E-state index contributed by atoms with van der Waals surface area (Å²) in [6.45, 7) is 20.4. The number of aromatic nitrogens is 4. The molecule has 0 radical (unpaired) electrons. The summed E-state index contributed by atoms with van der Waals surface area (Å²) in [6, 6.07) is 25.5. The maximum Gasteiger partial charge on any atom is 0.234 e. The second kappa shape index (κ2) is 25.1. The fraction of sp³-hybridized carbons (Fsp3) is 0.460. The first-order chi connectivity index (χ1) is 37.5. The van der Waals surface area contributed by atoms with Gasteiger partial charge in [0.05, 0.1) is 52.5 Å². The Morgan fingerprint density at radius 1 is 0.679 bits per heavy atom. The molecule has 78 heavy (non-hydrogen) atoms. The highest BCUT2D eigenvalue weighted by atomic mass is 35.5. The van der Waals surface area contributed by atoms with Crippen molar-refractivity contribution in [3.05, 3.63) is 157 Å². The van der Waals surface area contributed by atoms with Crippen LogP contribution in [-0.2, 0) is 62.0 Å². The van der Waals surface area contributed by atoms with Crippen molar-refractivity contribution in [1.82, 2.24) is 29.7 Å². The average Bonchev–Trinajstić information content (AvgIpc) is 4.08. The predicted octanol–water partition coefficient (Wildman–Crippen LogP) is 12.2. The summed E-state index contributed by atoms with van der Waals surface area (Å²) < 4.78 is 10.5. The van der Waals surface area contributed by atoms with Crippen LogP contribution in [0.1, 0.15) is 127 Å². The van der Waals surface area contributed by atoms with Crippen molar-refractivity contribution in [3.63, 3.8) is 0 Å². The van der Waals surface area contributed by atoms with Gasteiger partial charge in [0.15, 0.2) is 0 Å². The molecule has 0 spiro atoms. The summed E-state index contributed by atoms with van der Waals surface area (Å²) in [6.07, 6.45) is 11.5. The van der Waals surface area contributed by atoms with E-state index in [0.29, 0.717) is 53.0 Å². The van der Waals surface area contributed by atoms with Gasteiger partial charge in [-0.1, -0.05) is 71.7 Å². The van der Waals surface area contributed by atoms with E-state index in [-0.39, 0.29) is 11.7 Å². The molecule has 5 heterocycles. The van der Waals surface area contributed by atoms with E-state index in [2.05, 4.69) is 104 Å². The number of ether oxygens (including phenoxy) is 2. The van der Waals surface area contributed by atoms with Crippen LogP contribution in [0.3, 0.4) is 0 Å². The molecule has 2 aromatic heterocycles. The summed E-state index contributed by atoms with van der Waals surface area (Å²) >= 11 is 13.0. The molecule has 15 heteroatoms. The molecule has 0 saturated carbocycles. The number of anilines is 5. The second-order valence-corrected chi connectivity index (χ2v) is 23.5. The number of Topliss-reactive ketones (excluding diaryl/α,β-unsaturated/α-hetero) is 1. The molecule has 0 bridgehead atoms. The van der Waals surface area contributed by atoms with E-state index in [9.17, 15) is 9.59 Å². The minimum Gasteiger partial charge on any atom is -0.383 e. The van der Waals surface area contributed by atoms with Gasteiger partial charge >= 0.3 is 0 Å². The number of carbonyl (C=O) groups is 2. The number of piperidine rings is 2. The van der Waals surface area contributed by atoms with Crippen LogP contribution in [0.15, 0.2) is 85.2 Å². The lowest BCUT2D eigenvalue weighted by Gasteiger charge is -2.33. The van der Waals surface area contributed by atoms with Crippen LogP contribution in [0.4, 0.5) is 29.0 Å². The Labute approximate surface area is 471 Å². The highest BCUT2D eigenvalue weighted by Gasteiger charge is 2.41. The normalized spacial score (nSPS) is 18.0. The van der Waals surface area contributed by atoms with Crippen LogP contribution >= 0.6 is 23.2 Å². The van der Waals surface area contributed by atoms with Crippen LogP contribution < -0.4 is 16.0 Å². The molecule has 10 rings (SSSR count). The molecule has 2 fully saturated rings. The number of amides is 1. The van der Waals surface area contributed by atoms with Gasteiger partial charge in [0.2, 0.25) is 17.8 Å². The Hall–Kier alpha value is -5.80. The van der Waals surface area contributed by atoms with E-state index in [4.69, 9.17) is 42.6 Å².